The van der Waals surface area contributed by atoms with Crippen LogP contribution in [0.15, 0.2) is 170 Å². The van der Waals surface area contributed by atoms with Gasteiger partial charge in [0.2, 0.25) is 0 Å². The normalized spacial score (nSPS) is 12.9. The molecule has 5 heterocycles. The molecule has 3 aromatic heterocycles. The van der Waals surface area contributed by atoms with Crippen molar-refractivity contribution in [3.8, 4) is 39.7 Å². The minimum atomic E-state index is -0.0606. The molecular weight excluding hydrogens is 765 g/mol. The molecule has 0 N–H and O–H groups in total. The summed E-state index contributed by atoms with van der Waals surface area (Å²) in [5, 5.41) is 7.50. The number of aromatic nitrogens is 3. The summed E-state index contributed by atoms with van der Waals surface area (Å²) in [5.74, 6) is 1.85. The van der Waals surface area contributed by atoms with Gasteiger partial charge in [-0.05, 0) is 145 Å². The van der Waals surface area contributed by atoms with Crippen molar-refractivity contribution in [3.05, 3.63) is 192 Å². The summed E-state index contributed by atoms with van der Waals surface area (Å²) in [6.07, 6.45) is 0. The minimum Gasteiger partial charge on any atom is -0.458 e. The van der Waals surface area contributed by atoms with Crippen molar-refractivity contribution < 1.29 is 4.74 Å². The van der Waals surface area contributed by atoms with Gasteiger partial charge in [-0.2, -0.15) is 0 Å². The first kappa shape index (κ1) is 34.9. The van der Waals surface area contributed by atoms with Gasteiger partial charge in [0.15, 0.2) is 0 Å². The number of aryl methyl sites for hydroxylation is 4. The Labute approximate surface area is 364 Å². The molecule has 0 saturated carbocycles. The van der Waals surface area contributed by atoms with Gasteiger partial charge in [-0.15, -0.1) is 0 Å². The van der Waals surface area contributed by atoms with E-state index in [0.717, 1.165) is 22.9 Å². The fourth-order valence-electron chi connectivity index (χ4n) is 11.9. The van der Waals surface area contributed by atoms with Crippen LogP contribution >= 0.6 is 0 Å². The van der Waals surface area contributed by atoms with E-state index in [-0.39, 0.29) is 6.71 Å². The van der Waals surface area contributed by atoms with Crippen LogP contribution in [0.3, 0.4) is 0 Å². The van der Waals surface area contributed by atoms with E-state index in [0.29, 0.717) is 0 Å². The molecule has 0 fully saturated rings. The molecule has 63 heavy (non-hydrogen) atoms. The summed E-state index contributed by atoms with van der Waals surface area (Å²) in [6, 6.07) is 63.5. The van der Waals surface area contributed by atoms with Crippen LogP contribution in [0, 0.1) is 27.7 Å². The van der Waals surface area contributed by atoms with Crippen LogP contribution in [-0.2, 0) is 0 Å². The Morgan fingerprint density at radius 1 is 0.397 bits per heavy atom. The molecule has 0 aliphatic carbocycles. The highest BCUT2D eigenvalue weighted by Crippen LogP contribution is 2.43. The van der Waals surface area contributed by atoms with Crippen molar-refractivity contribution in [2.75, 3.05) is 0 Å². The molecular formula is C58H40BN3O. The molecule has 4 nitrogen and oxygen atoms in total. The molecule has 2 aliphatic rings. The predicted octanol–water partition coefficient (Wildman–Crippen LogP) is 12.8. The van der Waals surface area contributed by atoms with Gasteiger partial charge in [0.1, 0.15) is 11.5 Å². The molecule has 0 unspecified atom stereocenters. The van der Waals surface area contributed by atoms with Gasteiger partial charge in [-0.3, -0.25) is 0 Å². The lowest BCUT2D eigenvalue weighted by molar-refractivity contribution is 0.487. The van der Waals surface area contributed by atoms with E-state index >= 15 is 0 Å². The second kappa shape index (κ2) is 12.4. The molecule has 0 bridgehead atoms. The third-order valence-electron chi connectivity index (χ3n) is 14.1. The zero-order chi connectivity index (χ0) is 41.8. The van der Waals surface area contributed by atoms with Crippen molar-refractivity contribution >= 4 is 88.5 Å². The lowest BCUT2D eigenvalue weighted by Crippen LogP contribution is -2.58. The number of ether oxygens (including phenoxy) is 1. The van der Waals surface area contributed by atoms with E-state index in [1.165, 1.54) is 121 Å². The van der Waals surface area contributed by atoms with Crippen LogP contribution in [0.1, 0.15) is 22.3 Å². The molecule has 0 amide bonds. The maximum absolute atomic E-state index is 7.02. The van der Waals surface area contributed by atoms with Gasteiger partial charge in [0.25, 0.3) is 6.71 Å². The van der Waals surface area contributed by atoms with Crippen molar-refractivity contribution in [2.24, 2.45) is 0 Å². The molecule has 5 heteroatoms. The molecule has 2 aliphatic heterocycles. The maximum Gasteiger partial charge on any atom is 0.256 e. The fraction of sp³-hybridized carbons (Fsp3) is 0.0690. The van der Waals surface area contributed by atoms with E-state index < -0.39 is 0 Å². The van der Waals surface area contributed by atoms with Gasteiger partial charge in [0, 0.05) is 54.9 Å². The number of fused-ring (bicyclic) bond motifs is 13. The molecule has 0 radical (unpaired) electrons. The van der Waals surface area contributed by atoms with Gasteiger partial charge >= 0.3 is 0 Å². The first-order valence-corrected chi connectivity index (χ1v) is 22.0. The monoisotopic (exact) mass is 805 g/mol. The van der Waals surface area contributed by atoms with Crippen molar-refractivity contribution in [1.29, 1.82) is 0 Å². The molecule has 0 atom stereocenters. The van der Waals surface area contributed by atoms with E-state index in [1.54, 1.807) is 0 Å². The number of hydrogen-bond donors (Lipinski definition) is 0. The smallest absolute Gasteiger partial charge is 0.256 e. The van der Waals surface area contributed by atoms with E-state index in [2.05, 4.69) is 211 Å². The van der Waals surface area contributed by atoms with E-state index in [4.69, 9.17) is 4.74 Å². The summed E-state index contributed by atoms with van der Waals surface area (Å²) in [7, 11) is 0. The third kappa shape index (κ3) is 4.66. The van der Waals surface area contributed by atoms with Crippen LogP contribution in [0.2, 0.25) is 0 Å². The Morgan fingerprint density at radius 3 is 1.56 bits per heavy atom. The molecule has 0 saturated heterocycles. The van der Waals surface area contributed by atoms with Crippen molar-refractivity contribution in [1.82, 2.24) is 13.7 Å². The highest BCUT2D eigenvalue weighted by molar-refractivity contribution is 6.99. The number of hydrogen-bond acceptors (Lipinski definition) is 1. The minimum absolute atomic E-state index is 0.0606. The predicted molar refractivity (Wildman–Crippen MR) is 265 cm³/mol. The first-order chi connectivity index (χ1) is 30.9. The first-order valence-electron chi connectivity index (χ1n) is 22.0. The Bertz CT molecular complexity index is 3880. The van der Waals surface area contributed by atoms with Crippen LogP contribution in [0.25, 0.3) is 93.6 Å². The quantitative estimate of drug-likeness (QED) is 0.163. The molecule has 9 aromatic carbocycles. The lowest BCUT2D eigenvalue weighted by Gasteiger charge is -2.34. The van der Waals surface area contributed by atoms with Crippen molar-refractivity contribution in [3.63, 3.8) is 0 Å². The van der Waals surface area contributed by atoms with Crippen molar-refractivity contribution in [2.45, 2.75) is 27.7 Å². The fourth-order valence-corrected chi connectivity index (χ4v) is 11.9. The largest absolute Gasteiger partial charge is 0.458 e. The number of rotatable bonds is 3. The van der Waals surface area contributed by atoms with Crippen LogP contribution < -0.4 is 21.1 Å². The van der Waals surface area contributed by atoms with Crippen LogP contribution in [0.5, 0.6) is 11.5 Å². The Hall–Kier alpha value is -7.76. The SMILES string of the molecule is Cc1cc(C)c(-c2ccc3c(c2)B2c4c(cc(C)cc4-n4c5ccc(-n6c7ccccc7c7ccccc76)cc5c5cc(-n6c7ccccc7c7ccccc76)cc2c54)O3)c(C)c1. The second-order valence-corrected chi connectivity index (χ2v) is 18.0. The highest BCUT2D eigenvalue weighted by atomic mass is 16.5. The maximum atomic E-state index is 7.02. The average Bonchev–Trinajstić information content (AvgIpc) is 3.93. The zero-order valence-corrected chi connectivity index (χ0v) is 35.5. The van der Waals surface area contributed by atoms with Crippen LogP contribution in [-0.4, -0.2) is 20.4 Å². The van der Waals surface area contributed by atoms with Gasteiger partial charge in [-0.25, -0.2) is 0 Å². The molecule has 0 spiro atoms. The lowest BCUT2D eigenvalue weighted by atomic mass is 9.34. The zero-order valence-electron chi connectivity index (χ0n) is 35.5. The van der Waals surface area contributed by atoms with Gasteiger partial charge in [-0.1, -0.05) is 103 Å². The molecule has 14 rings (SSSR count). The Kier molecular flexibility index (Phi) is 6.88. The second-order valence-electron chi connectivity index (χ2n) is 18.0. The standard InChI is InChI=1S/C58H40BN3O/c1-33-25-35(3)56(36(4)26-33)37-21-24-54-46(29-37)59-47-32-39(61-50-19-11-7-15-42(50)43-16-8-12-20-51(43)61)31-45-44-30-38(60-48-17-9-5-13-40(48)41-14-6-10-18-49(41)60)22-23-52(44)62(58(45)47)53-27-34(2)28-55(63-54)57(53)59/h5-32H,1-4H3. The van der Waals surface area contributed by atoms with Gasteiger partial charge in [0.05, 0.1) is 27.6 Å². The molecule has 12 aromatic rings. The summed E-state index contributed by atoms with van der Waals surface area (Å²) < 4.78 is 14.5. The van der Waals surface area contributed by atoms with E-state index in [9.17, 15) is 0 Å². The topological polar surface area (TPSA) is 24.0 Å². The summed E-state index contributed by atoms with van der Waals surface area (Å²) in [6.45, 7) is 8.81. The Balaban J connectivity index is 1.13. The highest BCUT2D eigenvalue weighted by Gasteiger charge is 2.41. The average molecular weight is 806 g/mol. The molecule has 296 valence electrons. The van der Waals surface area contributed by atoms with Gasteiger partial charge < -0.3 is 18.4 Å². The summed E-state index contributed by atoms with van der Waals surface area (Å²) in [4.78, 5) is 0. The summed E-state index contributed by atoms with van der Waals surface area (Å²) >= 11 is 0. The number of nitrogens with zero attached hydrogens (tertiary/aromatic N) is 3. The Morgan fingerprint density at radius 2 is 0.937 bits per heavy atom. The number of para-hydroxylation sites is 4. The summed E-state index contributed by atoms with van der Waals surface area (Å²) in [5.41, 5.74) is 22.0. The third-order valence-corrected chi connectivity index (χ3v) is 14.1. The van der Waals surface area contributed by atoms with Crippen LogP contribution in [0.4, 0.5) is 0 Å². The number of benzene rings is 9. The van der Waals surface area contributed by atoms with E-state index in [1.807, 2.05) is 0 Å².